The highest BCUT2D eigenvalue weighted by molar-refractivity contribution is 6.01. The number of nitriles is 1. The SMILES string of the molecule is N#C[C@@H](C[C@H]1CCNC1=O)NC(=O)[C@H]1[C@H]2CC[C@H](CC2(F)F)N1C(=O)C1(O)c2ccccc2-c2ccccc21. The number of amides is 3. The summed E-state index contributed by atoms with van der Waals surface area (Å²) in [4.78, 5) is 41.2. The van der Waals surface area contributed by atoms with Gasteiger partial charge in [0.25, 0.3) is 11.8 Å². The minimum Gasteiger partial charge on any atom is -0.372 e. The summed E-state index contributed by atoms with van der Waals surface area (Å²) in [6, 6.07) is 12.2. The molecule has 3 amide bonds. The zero-order valence-corrected chi connectivity index (χ0v) is 21.1. The maximum atomic E-state index is 15.2. The zero-order chi connectivity index (χ0) is 27.5. The van der Waals surface area contributed by atoms with E-state index >= 15 is 8.78 Å². The van der Waals surface area contributed by atoms with Gasteiger partial charge in [0.2, 0.25) is 11.8 Å². The number of halogens is 2. The summed E-state index contributed by atoms with van der Waals surface area (Å²) in [5, 5.41) is 27.0. The molecule has 10 heteroatoms. The lowest BCUT2D eigenvalue weighted by Crippen LogP contribution is -2.70. The van der Waals surface area contributed by atoms with Crippen LogP contribution in [0.2, 0.25) is 0 Å². The van der Waals surface area contributed by atoms with Crippen LogP contribution in [0, 0.1) is 23.2 Å². The third-order valence-corrected chi connectivity index (χ3v) is 8.83. The molecule has 3 saturated heterocycles. The molecule has 8 nitrogen and oxygen atoms in total. The van der Waals surface area contributed by atoms with E-state index in [1.807, 2.05) is 6.07 Å². The van der Waals surface area contributed by atoms with Crippen LogP contribution in [0.3, 0.4) is 0 Å². The van der Waals surface area contributed by atoms with Crippen molar-refractivity contribution in [3.8, 4) is 17.2 Å². The molecule has 202 valence electrons. The van der Waals surface area contributed by atoms with E-state index < -0.39 is 59.7 Å². The van der Waals surface area contributed by atoms with Gasteiger partial charge in [-0.25, -0.2) is 8.78 Å². The Bertz CT molecular complexity index is 1360. The van der Waals surface area contributed by atoms with Crippen molar-refractivity contribution in [1.29, 1.82) is 5.26 Å². The van der Waals surface area contributed by atoms with Crippen LogP contribution in [0.5, 0.6) is 0 Å². The van der Waals surface area contributed by atoms with Gasteiger partial charge < -0.3 is 20.6 Å². The summed E-state index contributed by atoms with van der Waals surface area (Å²) in [5.74, 6) is -7.03. The van der Waals surface area contributed by atoms with Crippen molar-refractivity contribution in [2.75, 3.05) is 6.54 Å². The molecule has 3 heterocycles. The Balaban J connectivity index is 1.36. The molecular weight excluding hydrogens is 506 g/mol. The Hall–Kier alpha value is -3.84. The van der Waals surface area contributed by atoms with Gasteiger partial charge in [0, 0.05) is 36.1 Å². The van der Waals surface area contributed by atoms with Crippen LogP contribution in [0.1, 0.15) is 43.2 Å². The predicted molar refractivity (Wildman–Crippen MR) is 135 cm³/mol. The van der Waals surface area contributed by atoms with Gasteiger partial charge in [0.05, 0.1) is 12.0 Å². The van der Waals surface area contributed by atoms with E-state index in [4.69, 9.17) is 0 Å². The van der Waals surface area contributed by atoms with Gasteiger partial charge in [-0.1, -0.05) is 48.5 Å². The lowest BCUT2D eigenvalue weighted by Gasteiger charge is -2.54. The molecule has 0 radical (unpaired) electrons. The van der Waals surface area contributed by atoms with Gasteiger partial charge in [-0.3, -0.25) is 14.4 Å². The maximum absolute atomic E-state index is 15.2. The number of aliphatic hydroxyl groups is 1. The highest BCUT2D eigenvalue weighted by Gasteiger charge is 2.63. The zero-order valence-electron chi connectivity index (χ0n) is 21.1. The standard InChI is InChI=1S/C29H28F2N4O4/c30-28(31)14-18-9-10-23(28)24(26(37)34-17(15-32)13-16-11-12-33-25(16)36)35(18)27(38)29(39)21-7-3-1-5-19(21)20-6-2-4-8-22(20)29/h1-8,16-18,23-24,39H,9-14H2,(H,33,36)(H,34,37)/t16-,17-,18-,23-,24-/m1/s1. The molecular formula is C29H28F2N4O4. The maximum Gasteiger partial charge on any atom is 0.264 e. The molecule has 2 aromatic carbocycles. The molecule has 0 unspecified atom stereocenters. The van der Waals surface area contributed by atoms with E-state index in [0.717, 1.165) is 4.90 Å². The van der Waals surface area contributed by atoms with Gasteiger partial charge in [-0.2, -0.15) is 5.26 Å². The van der Waals surface area contributed by atoms with Crippen LogP contribution in [0.25, 0.3) is 11.1 Å². The molecule has 2 aliphatic carbocycles. The number of hydrogen-bond acceptors (Lipinski definition) is 5. The molecule has 5 atom stereocenters. The van der Waals surface area contributed by atoms with Gasteiger partial charge in [-0.05, 0) is 36.8 Å². The molecule has 2 bridgehead atoms. The fraction of sp³-hybridized carbons (Fsp3) is 0.448. The number of benzene rings is 2. The van der Waals surface area contributed by atoms with E-state index in [-0.39, 0.29) is 25.2 Å². The molecule has 0 aromatic heterocycles. The smallest absolute Gasteiger partial charge is 0.264 e. The van der Waals surface area contributed by atoms with Crippen LogP contribution in [-0.4, -0.2) is 58.3 Å². The van der Waals surface area contributed by atoms with Gasteiger partial charge in [-0.15, -0.1) is 0 Å². The number of alkyl halides is 2. The average molecular weight is 535 g/mol. The normalized spacial score (nSPS) is 28.2. The van der Waals surface area contributed by atoms with E-state index in [1.54, 1.807) is 48.5 Å². The van der Waals surface area contributed by atoms with Gasteiger partial charge in [0.15, 0.2) is 5.60 Å². The third-order valence-electron chi connectivity index (χ3n) is 8.83. The van der Waals surface area contributed by atoms with E-state index in [0.29, 0.717) is 35.2 Å². The van der Waals surface area contributed by atoms with Crippen molar-refractivity contribution < 1.29 is 28.3 Å². The first-order chi connectivity index (χ1) is 18.7. The van der Waals surface area contributed by atoms with Crippen molar-refractivity contribution >= 4 is 17.7 Å². The Morgan fingerprint density at radius 2 is 1.74 bits per heavy atom. The number of hydrogen-bond donors (Lipinski definition) is 3. The van der Waals surface area contributed by atoms with Gasteiger partial charge >= 0.3 is 0 Å². The summed E-state index contributed by atoms with van der Waals surface area (Å²) in [7, 11) is 0. The second-order valence-electron chi connectivity index (χ2n) is 11.0. The summed E-state index contributed by atoms with van der Waals surface area (Å²) in [5.41, 5.74) is -0.153. The van der Waals surface area contributed by atoms with Crippen LogP contribution in [0.4, 0.5) is 8.78 Å². The fourth-order valence-corrected chi connectivity index (χ4v) is 6.98. The minimum absolute atomic E-state index is 0.0351. The second kappa shape index (κ2) is 9.12. The Kier molecular flexibility index (Phi) is 5.95. The molecule has 1 saturated carbocycles. The van der Waals surface area contributed by atoms with Crippen LogP contribution >= 0.6 is 0 Å². The summed E-state index contributed by atoms with van der Waals surface area (Å²) in [6.07, 6.45) is 0.266. The second-order valence-corrected chi connectivity index (χ2v) is 11.0. The largest absolute Gasteiger partial charge is 0.372 e. The predicted octanol–water partition coefficient (Wildman–Crippen LogP) is 2.45. The quantitative estimate of drug-likeness (QED) is 0.544. The van der Waals surface area contributed by atoms with Crippen LogP contribution in [0.15, 0.2) is 48.5 Å². The van der Waals surface area contributed by atoms with E-state index in [1.165, 1.54) is 0 Å². The first-order valence-electron chi connectivity index (χ1n) is 13.3. The summed E-state index contributed by atoms with van der Waals surface area (Å²) < 4.78 is 30.4. The Morgan fingerprint density at radius 3 is 2.31 bits per heavy atom. The highest BCUT2D eigenvalue weighted by atomic mass is 19.3. The molecule has 3 aliphatic heterocycles. The van der Waals surface area contributed by atoms with Crippen molar-refractivity contribution in [3.05, 3.63) is 59.7 Å². The molecule has 5 aliphatic rings. The van der Waals surface area contributed by atoms with Crippen LogP contribution in [-0.2, 0) is 20.0 Å². The number of carbonyl (C=O) groups is 3. The van der Waals surface area contributed by atoms with Crippen molar-refractivity contribution in [2.45, 2.75) is 61.8 Å². The molecule has 39 heavy (non-hydrogen) atoms. The van der Waals surface area contributed by atoms with Crippen molar-refractivity contribution in [3.63, 3.8) is 0 Å². The third kappa shape index (κ3) is 3.82. The van der Waals surface area contributed by atoms with Crippen molar-refractivity contribution in [1.82, 2.24) is 15.5 Å². The van der Waals surface area contributed by atoms with Crippen molar-refractivity contribution in [2.24, 2.45) is 11.8 Å². The average Bonchev–Trinajstić information content (AvgIpc) is 3.46. The molecule has 7 rings (SSSR count). The lowest BCUT2D eigenvalue weighted by atomic mass is 9.70. The van der Waals surface area contributed by atoms with E-state index in [9.17, 15) is 24.8 Å². The summed E-state index contributed by atoms with van der Waals surface area (Å²) in [6.45, 7) is 0.470. The number of nitrogens with zero attached hydrogens (tertiary/aromatic N) is 2. The van der Waals surface area contributed by atoms with Crippen LogP contribution < -0.4 is 10.6 Å². The summed E-state index contributed by atoms with van der Waals surface area (Å²) >= 11 is 0. The first kappa shape index (κ1) is 25.4. The highest BCUT2D eigenvalue weighted by Crippen LogP contribution is 2.53. The number of rotatable bonds is 5. The lowest BCUT2D eigenvalue weighted by molar-refractivity contribution is -0.201. The number of fused-ring (bicyclic) bond motifs is 6. The Labute approximate surface area is 224 Å². The molecule has 2 aromatic rings. The Morgan fingerprint density at radius 1 is 1.10 bits per heavy atom. The molecule has 0 spiro atoms. The fourth-order valence-electron chi connectivity index (χ4n) is 6.98. The topological polar surface area (TPSA) is 123 Å². The molecule has 4 fully saturated rings. The minimum atomic E-state index is -3.19. The first-order valence-corrected chi connectivity index (χ1v) is 13.3. The van der Waals surface area contributed by atoms with E-state index in [2.05, 4.69) is 10.6 Å². The molecule has 3 N–H and O–H groups in total. The monoisotopic (exact) mass is 534 g/mol. The number of nitrogens with one attached hydrogen (secondary N) is 2. The number of piperidine rings is 2. The van der Waals surface area contributed by atoms with Gasteiger partial charge in [0.1, 0.15) is 12.1 Å². The number of carbonyl (C=O) groups excluding carboxylic acids is 3.